The molecule has 6 unspecified atom stereocenters. The fourth-order valence-electron chi connectivity index (χ4n) is 5.71. The van der Waals surface area contributed by atoms with Crippen LogP contribution >= 0.6 is 0 Å². The summed E-state index contributed by atoms with van der Waals surface area (Å²) in [5.41, 5.74) is 1.33. The number of nitrogens with one attached hydrogen (secondary N) is 2. The van der Waals surface area contributed by atoms with Gasteiger partial charge >= 0.3 is 0 Å². The molecule has 0 bridgehead atoms. The summed E-state index contributed by atoms with van der Waals surface area (Å²) in [6.45, 7) is 0. The minimum absolute atomic E-state index is 0.0819. The highest BCUT2D eigenvalue weighted by atomic mass is 16.5. The van der Waals surface area contributed by atoms with Crippen LogP contribution in [0.5, 0.6) is 11.5 Å². The number of hydrogen-bond donors (Lipinski definition) is 3. The number of phenols is 1. The van der Waals surface area contributed by atoms with Crippen LogP contribution in [0.2, 0.25) is 0 Å². The zero-order valence-electron chi connectivity index (χ0n) is 15.7. The molecule has 2 saturated heterocycles. The lowest BCUT2D eigenvalue weighted by atomic mass is 9.57. The van der Waals surface area contributed by atoms with Gasteiger partial charge in [0.1, 0.15) is 0 Å². The van der Waals surface area contributed by atoms with E-state index >= 15 is 0 Å². The van der Waals surface area contributed by atoms with Crippen LogP contribution < -0.4 is 15.4 Å². The lowest BCUT2D eigenvalue weighted by Gasteiger charge is -2.44. The summed E-state index contributed by atoms with van der Waals surface area (Å²) >= 11 is 0. The highest BCUT2D eigenvalue weighted by Gasteiger charge is 2.59. The summed E-state index contributed by atoms with van der Waals surface area (Å²) in [5, 5.41) is 15.6. The maximum atomic E-state index is 12.7. The van der Waals surface area contributed by atoms with Crippen LogP contribution in [-0.2, 0) is 19.2 Å². The average molecular weight is 396 g/mol. The fourth-order valence-corrected chi connectivity index (χ4v) is 5.71. The van der Waals surface area contributed by atoms with E-state index in [1.807, 2.05) is 6.08 Å². The van der Waals surface area contributed by atoms with Crippen molar-refractivity contribution in [2.75, 3.05) is 7.11 Å². The molecule has 2 heterocycles. The van der Waals surface area contributed by atoms with Crippen molar-refractivity contribution in [1.82, 2.24) is 10.6 Å². The lowest BCUT2D eigenvalue weighted by molar-refractivity contribution is -0.128. The summed E-state index contributed by atoms with van der Waals surface area (Å²) in [6, 6.07) is 5.05. The number of phenolic OH excluding ortho intramolecular Hbond substituents is 1. The Bertz CT molecular complexity index is 999. The monoisotopic (exact) mass is 396 g/mol. The van der Waals surface area contributed by atoms with Gasteiger partial charge in [-0.2, -0.15) is 0 Å². The molecule has 5 rings (SSSR count). The van der Waals surface area contributed by atoms with Gasteiger partial charge in [-0.3, -0.25) is 29.8 Å². The first-order valence-electron chi connectivity index (χ1n) is 9.67. The van der Waals surface area contributed by atoms with Crippen molar-refractivity contribution >= 4 is 23.6 Å². The largest absolute Gasteiger partial charge is 0.504 e. The van der Waals surface area contributed by atoms with Crippen molar-refractivity contribution in [1.29, 1.82) is 0 Å². The van der Waals surface area contributed by atoms with E-state index in [0.29, 0.717) is 18.4 Å². The van der Waals surface area contributed by atoms with Gasteiger partial charge in [-0.15, -0.1) is 0 Å². The molecule has 4 aliphatic rings. The number of carbonyl (C=O) groups is 4. The van der Waals surface area contributed by atoms with Gasteiger partial charge in [0.25, 0.3) is 0 Å². The normalized spacial score (nSPS) is 35.3. The van der Waals surface area contributed by atoms with E-state index in [0.717, 1.165) is 5.57 Å². The summed E-state index contributed by atoms with van der Waals surface area (Å²) in [6.07, 6.45) is 2.64. The number of allylic oxidation sites excluding steroid dienone is 2. The molecule has 3 N–H and O–H groups in total. The van der Waals surface area contributed by atoms with Crippen LogP contribution in [0.25, 0.3) is 0 Å². The molecular formula is C21H20N2O6. The zero-order valence-corrected chi connectivity index (χ0v) is 15.7. The van der Waals surface area contributed by atoms with Gasteiger partial charge in [0, 0.05) is 11.5 Å². The highest BCUT2D eigenvalue weighted by molar-refractivity contribution is 6.07. The van der Waals surface area contributed by atoms with Gasteiger partial charge in [0.2, 0.25) is 23.6 Å². The molecule has 6 atom stereocenters. The molecule has 1 saturated carbocycles. The Morgan fingerprint density at radius 1 is 0.931 bits per heavy atom. The van der Waals surface area contributed by atoms with Gasteiger partial charge in [0.05, 0.1) is 30.8 Å². The van der Waals surface area contributed by atoms with Gasteiger partial charge in [-0.25, -0.2) is 0 Å². The predicted molar refractivity (Wildman–Crippen MR) is 98.5 cm³/mol. The third-order valence-corrected chi connectivity index (χ3v) is 6.92. The van der Waals surface area contributed by atoms with Crippen molar-refractivity contribution in [3.05, 3.63) is 35.4 Å². The fraction of sp³-hybridized carbons (Fsp3) is 0.429. The Balaban J connectivity index is 1.68. The number of carbonyl (C=O) groups excluding carboxylic acids is 4. The Morgan fingerprint density at radius 3 is 2.34 bits per heavy atom. The lowest BCUT2D eigenvalue weighted by Crippen LogP contribution is -2.42. The summed E-state index contributed by atoms with van der Waals surface area (Å²) in [5.74, 6) is -4.35. The smallest absolute Gasteiger partial charge is 0.231 e. The molecule has 29 heavy (non-hydrogen) atoms. The second-order valence-corrected chi connectivity index (χ2v) is 8.13. The minimum Gasteiger partial charge on any atom is -0.504 e. The number of imide groups is 2. The number of amides is 4. The molecule has 0 aromatic heterocycles. The predicted octanol–water partition coefficient (Wildman–Crippen LogP) is 0.612. The number of para-hydroxylation sites is 1. The SMILES string of the molecule is COc1cccc(C2C3=CCC4C(=O)NC(=O)C4C3CC3C(=O)NC(=O)C32)c1O. The van der Waals surface area contributed by atoms with Gasteiger partial charge in [-0.05, 0) is 24.8 Å². The van der Waals surface area contributed by atoms with Crippen molar-refractivity contribution in [2.45, 2.75) is 18.8 Å². The Labute approximate surface area is 166 Å². The first-order chi connectivity index (χ1) is 13.9. The molecule has 4 amide bonds. The molecule has 8 nitrogen and oxygen atoms in total. The van der Waals surface area contributed by atoms with E-state index in [4.69, 9.17) is 4.74 Å². The molecule has 150 valence electrons. The van der Waals surface area contributed by atoms with Crippen LogP contribution in [0.1, 0.15) is 24.3 Å². The molecule has 0 spiro atoms. The number of fused-ring (bicyclic) bond motifs is 4. The molecule has 1 aromatic carbocycles. The first kappa shape index (κ1) is 17.9. The number of ether oxygens (including phenoxy) is 1. The Hall–Kier alpha value is -3.16. The number of methoxy groups -OCH3 is 1. The number of rotatable bonds is 2. The van der Waals surface area contributed by atoms with E-state index in [9.17, 15) is 24.3 Å². The van der Waals surface area contributed by atoms with E-state index in [1.165, 1.54) is 7.11 Å². The third kappa shape index (κ3) is 2.38. The van der Waals surface area contributed by atoms with Crippen LogP contribution in [0.3, 0.4) is 0 Å². The molecule has 3 fully saturated rings. The van der Waals surface area contributed by atoms with Gasteiger partial charge in [-0.1, -0.05) is 23.8 Å². The minimum atomic E-state index is -0.667. The van der Waals surface area contributed by atoms with E-state index < -0.39 is 29.6 Å². The molecule has 1 aromatic rings. The molecule has 2 aliphatic heterocycles. The number of aromatic hydroxyl groups is 1. The quantitative estimate of drug-likeness (QED) is 0.497. The number of hydrogen-bond acceptors (Lipinski definition) is 6. The summed E-state index contributed by atoms with van der Waals surface area (Å²) in [4.78, 5) is 49.9. The van der Waals surface area contributed by atoms with E-state index in [-0.39, 0.29) is 41.0 Å². The van der Waals surface area contributed by atoms with E-state index in [1.54, 1.807) is 18.2 Å². The second-order valence-electron chi connectivity index (χ2n) is 8.13. The van der Waals surface area contributed by atoms with Gasteiger partial charge in [0.15, 0.2) is 11.5 Å². The highest BCUT2D eigenvalue weighted by Crippen LogP contribution is 2.57. The van der Waals surface area contributed by atoms with Crippen molar-refractivity contribution in [2.24, 2.45) is 29.6 Å². The van der Waals surface area contributed by atoms with Crippen LogP contribution in [0.15, 0.2) is 29.8 Å². The summed E-state index contributed by atoms with van der Waals surface area (Å²) < 4.78 is 5.23. The van der Waals surface area contributed by atoms with Crippen LogP contribution in [-0.4, -0.2) is 35.8 Å². The maximum absolute atomic E-state index is 12.7. The topological polar surface area (TPSA) is 122 Å². The molecule has 2 aliphatic carbocycles. The average Bonchev–Trinajstić information content (AvgIpc) is 3.15. The Morgan fingerprint density at radius 2 is 1.62 bits per heavy atom. The maximum Gasteiger partial charge on any atom is 0.231 e. The second kappa shape index (κ2) is 6.17. The summed E-state index contributed by atoms with van der Waals surface area (Å²) in [7, 11) is 1.44. The van der Waals surface area contributed by atoms with Crippen molar-refractivity contribution in [3.63, 3.8) is 0 Å². The van der Waals surface area contributed by atoms with Gasteiger partial charge < -0.3 is 9.84 Å². The molecular weight excluding hydrogens is 376 g/mol. The van der Waals surface area contributed by atoms with Crippen LogP contribution in [0, 0.1) is 29.6 Å². The van der Waals surface area contributed by atoms with Crippen molar-refractivity contribution in [3.8, 4) is 11.5 Å². The van der Waals surface area contributed by atoms with Crippen LogP contribution in [0.4, 0.5) is 0 Å². The van der Waals surface area contributed by atoms with Crippen molar-refractivity contribution < 1.29 is 29.0 Å². The molecule has 8 heteroatoms. The molecule has 0 radical (unpaired) electrons. The first-order valence-corrected chi connectivity index (χ1v) is 9.67. The van der Waals surface area contributed by atoms with E-state index in [2.05, 4.69) is 10.6 Å². The third-order valence-electron chi connectivity index (χ3n) is 6.92. The number of benzene rings is 1. The standard InChI is InChI=1S/C21H20N2O6/c1-29-13-4-2-3-9(17(13)24)14-8-5-6-10-15(20(27)22-18(10)25)11(8)7-12-16(14)21(28)23-19(12)26/h2-5,10-12,14-16,24H,6-7H2,1H3,(H,22,25,27)(H,23,26,28). The Kier molecular flexibility index (Phi) is 3.81. The zero-order chi connectivity index (χ0) is 20.4.